The number of amides is 1. The third-order valence-electron chi connectivity index (χ3n) is 7.00. The number of hydrogen-bond donors (Lipinski definition) is 8. The number of aliphatic hydroxyl groups excluding tert-OH is 2. The molecule has 25 heteroatoms. The van der Waals surface area contributed by atoms with Crippen molar-refractivity contribution < 1.29 is 61.5 Å². The van der Waals surface area contributed by atoms with Gasteiger partial charge in [0.2, 0.25) is 5.95 Å². The summed E-state index contributed by atoms with van der Waals surface area (Å²) >= 11 is 0. The number of aliphatic hydroxyl groups is 2. The first kappa shape index (κ1) is 30.7. The second-order valence-corrected chi connectivity index (χ2v) is 12.6. The Balaban J connectivity index is 1.32. The molecule has 240 valence electrons. The number of ether oxygens (including phenoxy) is 2. The quantitative estimate of drug-likeness (QED) is 0.128. The van der Waals surface area contributed by atoms with Crippen molar-refractivity contribution in [2.75, 3.05) is 24.7 Å². The molecule has 0 aliphatic carbocycles. The van der Waals surface area contributed by atoms with E-state index in [0.29, 0.717) is 0 Å². The minimum atomic E-state index is -5.15. The molecule has 6 heterocycles. The van der Waals surface area contributed by atoms with Crippen LogP contribution >= 0.6 is 15.6 Å². The number of phosphoric acid groups is 2. The van der Waals surface area contributed by atoms with E-state index >= 15 is 0 Å². The number of H-pyrrole nitrogens is 1. The molecule has 23 nitrogen and oxygen atoms in total. The zero-order chi connectivity index (χ0) is 31.7. The zero-order valence-electron chi connectivity index (χ0n) is 21.9. The Morgan fingerprint density at radius 1 is 0.932 bits per heavy atom. The van der Waals surface area contributed by atoms with E-state index in [4.69, 9.17) is 44.8 Å². The number of nitrogens with one attached hydrogen (secondary N) is 1. The van der Waals surface area contributed by atoms with Crippen LogP contribution in [0.15, 0.2) is 17.4 Å². The van der Waals surface area contributed by atoms with Crippen molar-refractivity contribution in [2.45, 2.75) is 49.1 Å². The highest BCUT2D eigenvalue weighted by Crippen LogP contribution is 2.53. The zero-order valence-corrected chi connectivity index (χ0v) is 23.7. The van der Waals surface area contributed by atoms with Gasteiger partial charge in [0.25, 0.3) is 11.5 Å². The van der Waals surface area contributed by atoms with Gasteiger partial charge in [0.15, 0.2) is 29.3 Å². The highest BCUT2D eigenvalue weighted by atomic mass is 31.2. The Labute approximate surface area is 243 Å². The molecule has 11 N–H and O–H groups in total. The molecule has 0 spiro atoms. The van der Waals surface area contributed by atoms with Crippen molar-refractivity contribution >= 4 is 44.5 Å². The molecule has 2 unspecified atom stereocenters. The summed E-state index contributed by atoms with van der Waals surface area (Å²) < 4.78 is 60.1. The van der Waals surface area contributed by atoms with Gasteiger partial charge in [-0.05, 0) is 0 Å². The minimum absolute atomic E-state index is 0.148. The van der Waals surface area contributed by atoms with E-state index in [1.54, 1.807) is 0 Å². The van der Waals surface area contributed by atoms with Crippen LogP contribution in [-0.2, 0) is 36.7 Å². The van der Waals surface area contributed by atoms with Gasteiger partial charge in [-0.3, -0.25) is 41.8 Å². The minimum Gasteiger partial charge on any atom is -0.387 e. The van der Waals surface area contributed by atoms with Crippen LogP contribution in [-0.4, -0.2) is 105 Å². The average Bonchev–Trinajstić information content (AvgIpc) is 3.67. The van der Waals surface area contributed by atoms with Gasteiger partial charge in [-0.25, -0.2) is 19.1 Å². The third-order valence-corrected chi connectivity index (χ3v) is 8.97. The highest BCUT2D eigenvalue weighted by molar-refractivity contribution is 7.47. The van der Waals surface area contributed by atoms with Gasteiger partial charge in [-0.1, -0.05) is 0 Å². The first-order valence-corrected chi connectivity index (χ1v) is 15.5. The number of rotatable bonds is 3. The molecule has 0 aromatic carbocycles. The van der Waals surface area contributed by atoms with Gasteiger partial charge in [-0.15, -0.1) is 0 Å². The Kier molecular flexibility index (Phi) is 7.64. The van der Waals surface area contributed by atoms with Gasteiger partial charge >= 0.3 is 15.6 Å². The molecule has 3 saturated heterocycles. The molecule has 2 bridgehead atoms. The van der Waals surface area contributed by atoms with Crippen molar-refractivity contribution in [1.29, 1.82) is 0 Å². The van der Waals surface area contributed by atoms with Crippen molar-refractivity contribution in [3.63, 3.8) is 0 Å². The number of primary amides is 1. The molecule has 0 saturated carbocycles. The molecule has 3 aromatic rings. The van der Waals surface area contributed by atoms with E-state index < -0.39 is 89.4 Å². The second kappa shape index (κ2) is 10.9. The summed E-state index contributed by atoms with van der Waals surface area (Å²) in [6.45, 7) is -1.75. The van der Waals surface area contributed by atoms with E-state index in [-0.39, 0.29) is 28.6 Å². The van der Waals surface area contributed by atoms with Crippen molar-refractivity contribution in [3.05, 3.63) is 28.7 Å². The number of carbonyl (C=O) groups excluding carboxylic acids is 1. The lowest BCUT2D eigenvalue weighted by atomic mass is 10.1. The number of nitrogens with two attached hydrogens (primary N) is 3. The number of nitrogen functional groups attached to an aromatic ring is 2. The SMILES string of the molecule is NC(=O)c1ncn([C@@H]2O[C@@H]3COP(=O)(O)O[C@@H]4[C@H](O)[C@@H](COP(=O)(O)O[C@H]3[C@H]2O)O[C@H]4n2cnc3c(=O)[nH]c(N)nc32)c1N. The van der Waals surface area contributed by atoms with Crippen LogP contribution < -0.4 is 22.8 Å². The maximum atomic E-state index is 13.1. The lowest BCUT2D eigenvalue weighted by molar-refractivity contribution is -0.0673. The Bertz CT molecular complexity index is 1760. The number of hydrogen-bond acceptors (Lipinski definition) is 17. The van der Waals surface area contributed by atoms with Crippen LogP contribution in [0.4, 0.5) is 11.8 Å². The first-order chi connectivity index (χ1) is 20.7. The summed E-state index contributed by atoms with van der Waals surface area (Å²) in [6, 6.07) is 0. The molecule has 3 fully saturated rings. The second-order valence-electron chi connectivity index (χ2n) is 9.81. The van der Waals surface area contributed by atoms with E-state index in [9.17, 15) is 38.7 Å². The first-order valence-electron chi connectivity index (χ1n) is 12.5. The van der Waals surface area contributed by atoms with Crippen molar-refractivity contribution in [1.82, 2.24) is 29.1 Å². The Morgan fingerprint density at radius 2 is 1.55 bits per heavy atom. The smallest absolute Gasteiger partial charge is 0.387 e. The number of carbonyl (C=O) groups is 1. The molecule has 3 aromatic heterocycles. The van der Waals surface area contributed by atoms with E-state index in [0.717, 1.165) is 21.8 Å². The summed E-state index contributed by atoms with van der Waals surface area (Å²) in [5.74, 6) is -1.61. The molecule has 1 amide bonds. The predicted octanol–water partition coefficient (Wildman–Crippen LogP) is -3.19. The number of imidazole rings is 2. The van der Waals surface area contributed by atoms with Crippen molar-refractivity contribution in [3.8, 4) is 0 Å². The van der Waals surface area contributed by atoms with Gasteiger partial charge in [0.05, 0.1) is 25.9 Å². The average molecular weight is 665 g/mol. The fraction of sp³-hybridized carbons (Fsp3) is 0.526. The maximum Gasteiger partial charge on any atom is 0.472 e. The summed E-state index contributed by atoms with van der Waals surface area (Å²) in [7, 11) is -10.3. The topological polar surface area (TPSA) is 347 Å². The fourth-order valence-corrected chi connectivity index (χ4v) is 6.90. The molecule has 44 heavy (non-hydrogen) atoms. The maximum absolute atomic E-state index is 13.1. The van der Waals surface area contributed by atoms with Crippen LogP contribution in [0.3, 0.4) is 0 Å². The molecular weight excluding hydrogens is 640 g/mol. The highest BCUT2D eigenvalue weighted by Gasteiger charge is 2.54. The van der Waals surface area contributed by atoms with Crippen LogP contribution in [0.25, 0.3) is 11.2 Å². The Hall–Kier alpha value is -3.31. The summed E-state index contributed by atoms with van der Waals surface area (Å²) in [5.41, 5.74) is 15.3. The van der Waals surface area contributed by atoms with Gasteiger partial charge in [0, 0.05) is 0 Å². The van der Waals surface area contributed by atoms with Crippen LogP contribution in [0.2, 0.25) is 0 Å². The van der Waals surface area contributed by atoms with E-state index in [1.165, 1.54) is 0 Å². The molecule has 3 aliphatic heterocycles. The number of nitrogens with zero attached hydrogens (tertiary/aromatic N) is 5. The van der Waals surface area contributed by atoms with Gasteiger partial charge in [-0.2, -0.15) is 4.98 Å². The van der Waals surface area contributed by atoms with Crippen LogP contribution in [0, 0.1) is 0 Å². The largest absolute Gasteiger partial charge is 0.472 e. The standard InChI is InChI=1S/C19H25N9O14P2/c20-13-7(14(21)31)23-3-27(13)17-10(30)11-6(40-17)2-38-44(35,36)42-12-9(29)5(1-37-43(33,34)41-11)39-18(12)28-4-24-8-15(28)25-19(22)26-16(8)32/h3-6,9-12,17-18,29-30H,1-2,20H2,(H2,21,31)(H,33,34)(H,35,36)(H3,22,25,26,32)/t5-,6-,9-,10-,11-,12-,17-,18-/m1/s1. The molecule has 6 rings (SSSR count). The molecular formula is C19H25N9O14P2. The Morgan fingerprint density at radius 3 is 2.20 bits per heavy atom. The van der Waals surface area contributed by atoms with Gasteiger partial charge < -0.3 is 46.7 Å². The fourth-order valence-electron chi connectivity index (χ4n) is 5.00. The number of aromatic amines is 1. The number of aromatic nitrogens is 6. The lowest BCUT2D eigenvalue weighted by Gasteiger charge is -2.25. The van der Waals surface area contributed by atoms with E-state index in [1.807, 2.05) is 0 Å². The number of fused-ring (bicyclic) bond motifs is 4. The number of anilines is 2. The molecule has 3 aliphatic rings. The normalized spacial score (nSPS) is 38.1. The summed E-state index contributed by atoms with van der Waals surface area (Å²) in [6.07, 6.45) is -11.1. The third kappa shape index (κ3) is 5.42. The van der Waals surface area contributed by atoms with E-state index in [2.05, 4.69) is 19.9 Å². The predicted molar refractivity (Wildman–Crippen MR) is 139 cm³/mol. The summed E-state index contributed by atoms with van der Waals surface area (Å²) in [4.78, 5) is 58.8. The molecule has 10 atom stereocenters. The van der Waals surface area contributed by atoms with Crippen LogP contribution in [0.1, 0.15) is 22.9 Å². The lowest BCUT2D eigenvalue weighted by Crippen LogP contribution is -2.36. The summed E-state index contributed by atoms with van der Waals surface area (Å²) in [5, 5.41) is 21.9. The monoisotopic (exact) mass is 665 g/mol. The number of phosphoric ester groups is 2. The van der Waals surface area contributed by atoms with Gasteiger partial charge in [0.1, 0.15) is 42.4 Å². The molecule has 0 radical (unpaired) electrons. The van der Waals surface area contributed by atoms with Crippen LogP contribution in [0.5, 0.6) is 0 Å². The van der Waals surface area contributed by atoms with Crippen molar-refractivity contribution in [2.24, 2.45) is 5.73 Å².